The second-order valence-electron chi connectivity index (χ2n) is 11.1. The summed E-state index contributed by atoms with van der Waals surface area (Å²) in [5.74, 6) is 4.58. The minimum atomic E-state index is -3.23. The van der Waals surface area contributed by atoms with Crippen molar-refractivity contribution in [1.82, 2.24) is 0 Å². The van der Waals surface area contributed by atoms with Crippen LogP contribution in [0, 0.1) is 48.5 Å². The molecule has 11 heteroatoms. The molecule has 0 bridgehead atoms. The Morgan fingerprint density at radius 3 is 0.830 bits per heavy atom. The summed E-state index contributed by atoms with van der Waals surface area (Å²) < 4.78 is 35.9. The minimum absolute atomic E-state index is 0. The summed E-state index contributed by atoms with van der Waals surface area (Å²) in [6, 6.07) is 13.1. The molecule has 0 unspecified atom stereocenters. The summed E-state index contributed by atoms with van der Waals surface area (Å²) in [5.41, 5.74) is 7.92. The third kappa shape index (κ3) is 7.31. The van der Waals surface area contributed by atoms with Crippen molar-refractivity contribution in [1.29, 1.82) is 0 Å². The van der Waals surface area contributed by atoms with Gasteiger partial charge < -0.3 is 65.6 Å². The summed E-state index contributed by atoms with van der Waals surface area (Å²) in [6.45, 7) is 15.0. The fraction of sp³-hybridized carbons (Fsp3) is 0.361. The fourth-order valence-corrected chi connectivity index (χ4v) is 12.1. The van der Waals surface area contributed by atoms with E-state index in [9.17, 15) is 0 Å². The van der Waals surface area contributed by atoms with Gasteiger partial charge in [-0.3, -0.25) is 0 Å². The summed E-state index contributed by atoms with van der Waals surface area (Å²) in [5, 5.41) is 4.60. The molecule has 0 aromatic heterocycles. The Hall–Kier alpha value is -2.39. The van der Waals surface area contributed by atoms with Crippen LogP contribution >= 0.6 is 0 Å². The predicted octanol–water partition coefficient (Wildman–Crippen LogP) is -4.00. The molecule has 0 aliphatic carbocycles. The van der Waals surface area contributed by atoms with Gasteiger partial charge in [-0.25, -0.2) is 0 Å². The first-order valence-electron chi connectivity index (χ1n) is 14.4. The normalized spacial score (nSPS) is 10.4. The number of ether oxygens (including phenoxy) is 6. The summed E-state index contributed by atoms with van der Waals surface area (Å²) in [6.07, 6.45) is 0. The van der Waals surface area contributed by atoms with E-state index in [1.165, 1.54) is 27.4 Å². The van der Waals surface area contributed by atoms with Gasteiger partial charge >= 0.3 is 21.7 Å². The molecular formula is C36H45Cl3O6SiTi. The average Bonchev–Trinajstić information content (AvgIpc) is 3.21. The Balaban J connectivity index is 0.00000529. The molecule has 4 aromatic rings. The molecular weight excluding hydrogens is 711 g/mol. The van der Waals surface area contributed by atoms with Crippen LogP contribution in [-0.2, 0) is 21.7 Å². The first-order valence-corrected chi connectivity index (χ1v) is 16.4. The van der Waals surface area contributed by atoms with Crippen LogP contribution in [0.15, 0.2) is 36.4 Å². The standard InChI is InChI=1S/C36H45O6Si.3ClH.Ti/c1-20-21(2)23(4)36(22(20)3)43(27-14-30(37-8)24(5)31(15-27)38-9,28-16-32(39-10)25(6)33(17-28)40-11)29-18-34(41-12)26(7)35(19-29)42-13;;;;/h14-19H,1-13H3;3*1H;/q-1;;;;+4/p-3. The zero-order chi connectivity index (χ0) is 31.8. The summed E-state index contributed by atoms with van der Waals surface area (Å²) in [4.78, 5) is 0. The number of hydrogen-bond donors (Lipinski definition) is 0. The molecule has 0 radical (unpaired) electrons. The van der Waals surface area contributed by atoms with Gasteiger partial charge in [0.05, 0.1) is 42.7 Å². The first-order chi connectivity index (χ1) is 20.5. The Morgan fingerprint density at radius 1 is 0.426 bits per heavy atom. The van der Waals surface area contributed by atoms with Crippen LogP contribution < -0.4 is 86.4 Å². The van der Waals surface area contributed by atoms with Crippen molar-refractivity contribution in [2.45, 2.75) is 48.5 Å². The Kier molecular flexibility index (Phi) is 16.9. The van der Waals surface area contributed by atoms with Gasteiger partial charge in [0.15, 0.2) is 8.07 Å². The summed E-state index contributed by atoms with van der Waals surface area (Å²) >= 11 is 0. The number of rotatable bonds is 10. The first kappa shape index (κ1) is 44.6. The Labute approximate surface area is 315 Å². The third-order valence-electron chi connectivity index (χ3n) is 9.37. The SMILES string of the molecule is COc1cc([Si](c2cc(OC)c(C)c(OC)c2)(c2cc(OC)c(C)c(OC)c2)c2c(C)c(C)c(C)[c-]2C)cc(OC)c1C.[Cl-].[Cl-].[Cl-].[Ti+4]. The van der Waals surface area contributed by atoms with Gasteiger partial charge in [-0.15, -0.1) is 0 Å². The van der Waals surface area contributed by atoms with Gasteiger partial charge in [0.25, 0.3) is 0 Å². The molecule has 0 aliphatic heterocycles. The molecule has 47 heavy (non-hydrogen) atoms. The topological polar surface area (TPSA) is 55.4 Å². The van der Waals surface area contributed by atoms with Gasteiger partial charge in [0.2, 0.25) is 0 Å². The molecule has 0 atom stereocenters. The van der Waals surface area contributed by atoms with Crippen LogP contribution in [-0.4, -0.2) is 50.7 Å². The van der Waals surface area contributed by atoms with Crippen LogP contribution in [0.1, 0.15) is 38.9 Å². The van der Waals surface area contributed by atoms with E-state index in [0.717, 1.165) is 66.7 Å². The largest absolute Gasteiger partial charge is 4.00 e. The minimum Gasteiger partial charge on any atom is -1.00 e. The van der Waals surface area contributed by atoms with Crippen molar-refractivity contribution in [2.75, 3.05) is 42.7 Å². The van der Waals surface area contributed by atoms with E-state index in [0.29, 0.717) is 0 Å². The molecule has 0 spiro atoms. The molecule has 6 nitrogen and oxygen atoms in total. The molecule has 0 N–H and O–H groups in total. The molecule has 0 heterocycles. The number of halogens is 3. The van der Waals surface area contributed by atoms with Crippen molar-refractivity contribution < 1.29 is 87.4 Å². The monoisotopic (exact) mass is 754 g/mol. The van der Waals surface area contributed by atoms with Crippen LogP contribution in [0.5, 0.6) is 34.5 Å². The maximum atomic E-state index is 5.98. The van der Waals surface area contributed by atoms with E-state index < -0.39 is 8.07 Å². The van der Waals surface area contributed by atoms with Gasteiger partial charge in [-0.1, -0.05) is 27.7 Å². The van der Waals surface area contributed by atoms with Crippen LogP contribution in [0.25, 0.3) is 0 Å². The fourth-order valence-electron chi connectivity index (χ4n) is 6.62. The van der Waals surface area contributed by atoms with Crippen molar-refractivity contribution >= 4 is 28.8 Å². The zero-order valence-electron chi connectivity index (χ0n) is 29.5. The molecule has 4 rings (SSSR count). The predicted molar refractivity (Wildman–Crippen MR) is 178 cm³/mol. The second-order valence-corrected chi connectivity index (χ2v) is 14.9. The van der Waals surface area contributed by atoms with E-state index in [4.69, 9.17) is 28.4 Å². The van der Waals surface area contributed by atoms with E-state index in [2.05, 4.69) is 64.1 Å². The zero-order valence-corrected chi connectivity index (χ0v) is 34.4. The summed E-state index contributed by atoms with van der Waals surface area (Å²) in [7, 11) is 7.00. The average molecular weight is 756 g/mol. The van der Waals surface area contributed by atoms with Crippen LogP contribution in [0.3, 0.4) is 0 Å². The molecule has 0 amide bonds. The number of hydrogen-bond acceptors (Lipinski definition) is 6. The smallest absolute Gasteiger partial charge is 1.00 e. The van der Waals surface area contributed by atoms with Crippen LogP contribution in [0.4, 0.5) is 0 Å². The second kappa shape index (κ2) is 17.8. The van der Waals surface area contributed by atoms with Crippen molar-refractivity contribution in [3.05, 3.63) is 75.3 Å². The third-order valence-corrected chi connectivity index (χ3v) is 14.3. The van der Waals surface area contributed by atoms with Gasteiger partial charge in [-0.05, 0) is 72.7 Å². The quantitative estimate of drug-likeness (QED) is 0.0937. The van der Waals surface area contributed by atoms with Crippen molar-refractivity contribution in [2.24, 2.45) is 0 Å². The molecule has 254 valence electrons. The maximum Gasteiger partial charge on any atom is 4.00 e. The van der Waals surface area contributed by atoms with E-state index in [-0.39, 0.29) is 58.9 Å². The van der Waals surface area contributed by atoms with Crippen LogP contribution in [0.2, 0.25) is 0 Å². The van der Waals surface area contributed by atoms with Crippen molar-refractivity contribution in [3.63, 3.8) is 0 Å². The van der Waals surface area contributed by atoms with E-state index in [1.807, 2.05) is 20.8 Å². The number of methoxy groups -OCH3 is 6. The molecule has 0 aliphatic rings. The van der Waals surface area contributed by atoms with E-state index >= 15 is 0 Å². The molecule has 0 fully saturated rings. The van der Waals surface area contributed by atoms with E-state index in [1.54, 1.807) is 42.7 Å². The number of benzene rings is 3. The Morgan fingerprint density at radius 2 is 0.660 bits per heavy atom. The molecule has 0 saturated heterocycles. The Bertz CT molecular complexity index is 1440. The molecule has 4 aromatic carbocycles. The van der Waals surface area contributed by atoms with Gasteiger partial charge in [-0.2, -0.15) is 27.4 Å². The maximum absolute atomic E-state index is 5.98. The van der Waals surface area contributed by atoms with Crippen molar-refractivity contribution in [3.8, 4) is 34.5 Å². The van der Waals surface area contributed by atoms with Gasteiger partial charge in [0.1, 0.15) is 34.5 Å². The van der Waals surface area contributed by atoms with Gasteiger partial charge in [0, 0.05) is 16.7 Å². The molecule has 0 saturated carbocycles.